The van der Waals surface area contributed by atoms with Crippen LogP contribution in [0.5, 0.6) is 0 Å². The van der Waals surface area contributed by atoms with Crippen molar-refractivity contribution in [2.24, 2.45) is 13.0 Å². The average molecular weight is 297 g/mol. The molecule has 1 atom stereocenters. The fraction of sp³-hybridized carbons (Fsp3) is 0.643. The van der Waals surface area contributed by atoms with Crippen molar-refractivity contribution in [2.45, 2.75) is 20.3 Å². The van der Waals surface area contributed by atoms with Gasteiger partial charge in [-0.15, -0.1) is 0 Å². The van der Waals surface area contributed by atoms with Crippen LogP contribution < -0.4 is 0 Å². The first kappa shape index (κ1) is 17.2. The monoisotopic (exact) mass is 297 g/mol. The maximum atomic E-state index is 12.4. The molecular weight excluding hydrogens is 274 g/mol. The number of nitrogens with zero attached hydrogens (tertiary/aromatic N) is 3. The summed E-state index contributed by atoms with van der Waals surface area (Å²) >= 11 is 0. The Kier molecular flexibility index (Phi) is 6.87. The molecule has 0 aliphatic carbocycles. The van der Waals surface area contributed by atoms with Crippen molar-refractivity contribution in [2.75, 3.05) is 26.3 Å². The van der Waals surface area contributed by atoms with Crippen molar-refractivity contribution < 1.29 is 19.4 Å². The van der Waals surface area contributed by atoms with Gasteiger partial charge in [-0.25, -0.2) is 0 Å². The molecule has 1 unspecified atom stereocenters. The highest BCUT2D eigenvalue weighted by molar-refractivity contribution is 5.94. The number of carboxylic acid groups (broad SMARTS) is 1. The van der Waals surface area contributed by atoms with Crippen molar-refractivity contribution in [3.8, 4) is 0 Å². The summed E-state index contributed by atoms with van der Waals surface area (Å²) in [6.45, 7) is 5.32. The molecule has 1 amide bonds. The van der Waals surface area contributed by atoms with Gasteiger partial charge < -0.3 is 14.7 Å². The number of aryl methyl sites for hydroxylation is 1. The molecule has 21 heavy (non-hydrogen) atoms. The Hall–Kier alpha value is -1.89. The van der Waals surface area contributed by atoms with E-state index in [0.717, 1.165) is 0 Å². The number of aliphatic carboxylic acids is 1. The van der Waals surface area contributed by atoms with Crippen LogP contribution in [-0.2, 0) is 16.6 Å². The first-order valence-electron chi connectivity index (χ1n) is 7.04. The average Bonchev–Trinajstić information content (AvgIpc) is 2.87. The van der Waals surface area contributed by atoms with Crippen molar-refractivity contribution in [3.63, 3.8) is 0 Å². The molecule has 118 valence electrons. The standard InChI is InChI=1S/C14H23N3O4/c1-4-21-7-5-6-17(9-11(2)14(19)20)13(18)12-8-15-16(3)10-12/h8,10-11H,4-7,9H2,1-3H3,(H,19,20). The number of amides is 1. The third-order valence-corrected chi connectivity index (χ3v) is 3.08. The second kappa shape index (κ2) is 8.41. The molecule has 7 nitrogen and oxygen atoms in total. The Morgan fingerprint density at radius 3 is 2.76 bits per heavy atom. The van der Waals surface area contributed by atoms with Gasteiger partial charge in [0.25, 0.3) is 5.91 Å². The van der Waals surface area contributed by atoms with Gasteiger partial charge in [-0.3, -0.25) is 14.3 Å². The SMILES string of the molecule is CCOCCCN(CC(C)C(=O)O)C(=O)c1cnn(C)c1. The summed E-state index contributed by atoms with van der Waals surface area (Å²) < 4.78 is 6.80. The van der Waals surface area contributed by atoms with Crippen LogP contribution >= 0.6 is 0 Å². The fourth-order valence-electron chi connectivity index (χ4n) is 1.90. The van der Waals surface area contributed by atoms with E-state index in [1.54, 1.807) is 29.7 Å². The second-order valence-electron chi connectivity index (χ2n) is 4.94. The molecule has 1 rings (SSSR count). The molecule has 1 aromatic rings. The zero-order valence-electron chi connectivity index (χ0n) is 12.8. The van der Waals surface area contributed by atoms with Gasteiger partial charge in [0.15, 0.2) is 0 Å². The van der Waals surface area contributed by atoms with E-state index in [9.17, 15) is 9.59 Å². The van der Waals surface area contributed by atoms with Crippen LogP contribution in [-0.4, -0.2) is 58.0 Å². The minimum absolute atomic E-state index is 0.176. The minimum atomic E-state index is -0.913. The number of hydrogen-bond acceptors (Lipinski definition) is 4. The zero-order valence-corrected chi connectivity index (χ0v) is 12.8. The van der Waals surface area contributed by atoms with E-state index in [-0.39, 0.29) is 12.5 Å². The second-order valence-corrected chi connectivity index (χ2v) is 4.94. The number of ether oxygens (including phenoxy) is 1. The zero-order chi connectivity index (χ0) is 15.8. The minimum Gasteiger partial charge on any atom is -0.481 e. The van der Waals surface area contributed by atoms with Crippen molar-refractivity contribution in [1.82, 2.24) is 14.7 Å². The van der Waals surface area contributed by atoms with Crippen LogP contribution in [0.4, 0.5) is 0 Å². The van der Waals surface area contributed by atoms with E-state index in [0.29, 0.717) is 31.7 Å². The lowest BCUT2D eigenvalue weighted by molar-refractivity contribution is -0.141. The first-order chi connectivity index (χ1) is 9.95. The summed E-state index contributed by atoms with van der Waals surface area (Å²) in [6, 6.07) is 0. The maximum Gasteiger partial charge on any atom is 0.308 e. The molecular formula is C14H23N3O4. The van der Waals surface area contributed by atoms with E-state index in [4.69, 9.17) is 9.84 Å². The number of hydrogen-bond donors (Lipinski definition) is 1. The van der Waals surface area contributed by atoms with Crippen molar-refractivity contribution in [1.29, 1.82) is 0 Å². The maximum absolute atomic E-state index is 12.4. The molecule has 7 heteroatoms. The van der Waals surface area contributed by atoms with Gasteiger partial charge in [-0.1, -0.05) is 6.92 Å². The number of carbonyl (C=O) groups excluding carboxylic acids is 1. The number of rotatable bonds is 9. The highest BCUT2D eigenvalue weighted by Crippen LogP contribution is 2.08. The molecule has 0 aromatic carbocycles. The highest BCUT2D eigenvalue weighted by Gasteiger charge is 2.22. The molecule has 0 saturated heterocycles. The lowest BCUT2D eigenvalue weighted by atomic mass is 10.1. The van der Waals surface area contributed by atoms with Gasteiger partial charge in [-0.05, 0) is 13.3 Å². The van der Waals surface area contributed by atoms with Gasteiger partial charge in [0, 0.05) is 39.5 Å². The summed E-state index contributed by atoms with van der Waals surface area (Å²) in [5.74, 6) is -1.73. The first-order valence-corrected chi connectivity index (χ1v) is 7.04. The fourth-order valence-corrected chi connectivity index (χ4v) is 1.90. The van der Waals surface area contributed by atoms with Gasteiger partial charge in [0.2, 0.25) is 0 Å². The quantitative estimate of drug-likeness (QED) is 0.688. The molecule has 0 aliphatic rings. The molecule has 0 radical (unpaired) electrons. The van der Waals surface area contributed by atoms with Crippen LogP contribution in [0, 0.1) is 5.92 Å². The van der Waals surface area contributed by atoms with E-state index in [1.807, 2.05) is 6.92 Å². The molecule has 1 heterocycles. The van der Waals surface area contributed by atoms with Crippen LogP contribution in [0.1, 0.15) is 30.6 Å². The normalized spacial score (nSPS) is 12.1. The predicted molar refractivity (Wildman–Crippen MR) is 77.0 cm³/mol. The van der Waals surface area contributed by atoms with Crippen LogP contribution in [0.3, 0.4) is 0 Å². The molecule has 0 bridgehead atoms. The summed E-state index contributed by atoms with van der Waals surface area (Å²) in [4.78, 5) is 25.0. The Morgan fingerprint density at radius 2 is 2.24 bits per heavy atom. The summed E-state index contributed by atoms with van der Waals surface area (Å²) in [5, 5.41) is 13.0. The van der Waals surface area contributed by atoms with Crippen LogP contribution in [0.15, 0.2) is 12.4 Å². The molecule has 0 fully saturated rings. The Labute approximate surface area is 124 Å². The summed E-state index contributed by atoms with van der Waals surface area (Å²) in [7, 11) is 1.73. The largest absolute Gasteiger partial charge is 0.481 e. The number of carbonyl (C=O) groups is 2. The molecule has 1 N–H and O–H groups in total. The summed E-state index contributed by atoms with van der Waals surface area (Å²) in [6.07, 6.45) is 3.79. The van der Waals surface area contributed by atoms with E-state index < -0.39 is 11.9 Å². The Morgan fingerprint density at radius 1 is 1.52 bits per heavy atom. The third-order valence-electron chi connectivity index (χ3n) is 3.08. The van der Waals surface area contributed by atoms with E-state index in [2.05, 4.69) is 5.10 Å². The van der Waals surface area contributed by atoms with Gasteiger partial charge in [0.05, 0.1) is 17.7 Å². The van der Waals surface area contributed by atoms with Crippen LogP contribution in [0.2, 0.25) is 0 Å². The van der Waals surface area contributed by atoms with E-state index >= 15 is 0 Å². The Balaban J connectivity index is 2.70. The number of aromatic nitrogens is 2. The summed E-state index contributed by atoms with van der Waals surface area (Å²) in [5.41, 5.74) is 0.464. The molecule has 0 saturated carbocycles. The van der Waals surface area contributed by atoms with Crippen molar-refractivity contribution >= 4 is 11.9 Å². The van der Waals surface area contributed by atoms with Crippen LogP contribution in [0.25, 0.3) is 0 Å². The lowest BCUT2D eigenvalue weighted by Gasteiger charge is -2.24. The van der Waals surface area contributed by atoms with Gasteiger partial charge >= 0.3 is 5.97 Å². The van der Waals surface area contributed by atoms with Crippen molar-refractivity contribution in [3.05, 3.63) is 18.0 Å². The molecule has 1 aromatic heterocycles. The van der Waals surface area contributed by atoms with Gasteiger partial charge in [0.1, 0.15) is 0 Å². The highest BCUT2D eigenvalue weighted by atomic mass is 16.5. The molecule has 0 spiro atoms. The third kappa shape index (κ3) is 5.55. The smallest absolute Gasteiger partial charge is 0.308 e. The Bertz CT molecular complexity index is 473. The predicted octanol–water partition coefficient (Wildman–Crippen LogP) is 1.01. The lowest BCUT2D eigenvalue weighted by Crippen LogP contribution is -2.38. The topological polar surface area (TPSA) is 84.7 Å². The van der Waals surface area contributed by atoms with Gasteiger partial charge in [-0.2, -0.15) is 5.10 Å². The number of carboxylic acids is 1. The molecule has 0 aliphatic heterocycles. The van der Waals surface area contributed by atoms with E-state index in [1.165, 1.54) is 6.20 Å².